The number of aromatic nitrogens is 1. The van der Waals surface area contributed by atoms with Gasteiger partial charge in [-0.15, -0.1) is 0 Å². The van der Waals surface area contributed by atoms with Gasteiger partial charge in [0.25, 0.3) is 5.91 Å². The zero-order valence-corrected chi connectivity index (χ0v) is 14.2. The Balaban J connectivity index is 1.62. The summed E-state index contributed by atoms with van der Waals surface area (Å²) in [6.45, 7) is 2.55. The zero-order valence-electron chi connectivity index (χ0n) is 14.2. The molecule has 0 atom stereocenters. The fraction of sp³-hybridized carbons (Fsp3) is 0.100. The third kappa shape index (κ3) is 4.51. The van der Waals surface area contributed by atoms with Crippen LogP contribution in [-0.4, -0.2) is 12.5 Å². The lowest BCUT2D eigenvalue weighted by molar-refractivity contribution is -0.605. The number of anilines is 1. The monoisotopic (exact) mass is 350 g/mol. The van der Waals surface area contributed by atoms with Gasteiger partial charge >= 0.3 is 0 Å². The molecule has 0 unspecified atom stereocenters. The van der Waals surface area contributed by atoms with Gasteiger partial charge in [-0.05, 0) is 61.5 Å². The second-order valence-corrected chi connectivity index (χ2v) is 5.44. The van der Waals surface area contributed by atoms with Crippen molar-refractivity contribution in [2.75, 3.05) is 11.9 Å². The Morgan fingerprint density at radius 2 is 1.62 bits per heavy atom. The Labute approximate surface area is 151 Å². The summed E-state index contributed by atoms with van der Waals surface area (Å²) in [6.07, 6.45) is 2.54. The Hall–Kier alpha value is -3.54. The van der Waals surface area contributed by atoms with Crippen LogP contribution in [0.1, 0.15) is 17.3 Å². The van der Waals surface area contributed by atoms with Gasteiger partial charge in [-0.3, -0.25) is 4.79 Å². The van der Waals surface area contributed by atoms with Crippen molar-refractivity contribution < 1.29 is 19.0 Å². The molecule has 0 saturated carbocycles. The van der Waals surface area contributed by atoms with Crippen LogP contribution in [0.2, 0.25) is 0 Å². The number of carbonyl (C=O) groups excluding carboxylic acids is 1. The highest BCUT2D eigenvalue weighted by Crippen LogP contribution is 2.25. The number of benzene rings is 2. The smallest absolute Gasteiger partial charge is 0.261 e. The van der Waals surface area contributed by atoms with E-state index in [1.54, 1.807) is 30.3 Å². The molecule has 0 saturated heterocycles. The summed E-state index contributed by atoms with van der Waals surface area (Å²) in [5, 5.41) is 14.0. The Bertz CT molecular complexity index is 877. The molecule has 6 heteroatoms. The van der Waals surface area contributed by atoms with E-state index < -0.39 is 0 Å². The molecule has 0 fully saturated rings. The van der Waals surface area contributed by atoms with Crippen molar-refractivity contribution in [1.29, 1.82) is 0 Å². The van der Waals surface area contributed by atoms with E-state index in [1.165, 1.54) is 18.5 Å². The first-order chi connectivity index (χ1) is 12.6. The Morgan fingerprint density at radius 3 is 2.23 bits per heavy atom. The summed E-state index contributed by atoms with van der Waals surface area (Å²) in [5.41, 5.74) is 0.896. The average Bonchev–Trinajstić information content (AvgIpc) is 2.65. The molecule has 1 amide bonds. The minimum atomic E-state index is -0.351. The summed E-state index contributed by atoms with van der Waals surface area (Å²) < 4.78 is 11.7. The Morgan fingerprint density at radius 1 is 1.00 bits per heavy atom. The summed E-state index contributed by atoms with van der Waals surface area (Å²) in [4.78, 5) is 12.1. The minimum absolute atomic E-state index is 0.289. The van der Waals surface area contributed by atoms with Crippen molar-refractivity contribution >= 4 is 11.6 Å². The molecule has 1 N–H and O–H groups in total. The van der Waals surface area contributed by atoms with Gasteiger partial charge in [0.2, 0.25) is 0 Å². The summed E-state index contributed by atoms with van der Waals surface area (Å²) >= 11 is 0. The fourth-order valence-corrected chi connectivity index (χ4v) is 2.31. The number of nitrogens with zero attached hydrogens (tertiary/aromatic N) is 1. The van der Waals surface area contributed by atoms with E-state index >= 15 is 0 Å². The van der Waals surface area contributed by atoms with Gasteiger partial charge in [0.15, 0.2) is 12.4 Å². The second-order valence-electron chi connectivity index (χ2n) is 5.44. The van der Waals surface area contributed by atoms with Gasteiger partial charge < -0.3 is 20.0 Å². The van der Waals surface area contributed by atoms with E-state index in [0.29, 0.717) is 28.5 Å². The molecule has 132 valence electrons. The van der Waals surface area contributed by atoms with Crippen molar-refractivity contribution in [1.82, 2.24) is 0 Å². The van der Waals surface area contributed by atoms with Gasteiger partial charge in [0.05, 0.1) is 6.61 Å². The van der Waals surface area contributed by atoms with Crippen LogP contribution in [0, 0.1) is 5.21 Å². The van der Waals surface area contributed by atoms with Crippen LogP contribution in [-0.2, 0) is 0 Å². The van der Waals surface area contributed by atoms with Gasteiger partial charge in [0.1, 0.15) is 22.8 Å². The van der Waals surface area contributed by atoms with Crippen LogP contribution in [0.3, 0.4) is 0 Å². The maximum Gasteiger partial charge on any atom is 0.261 e. The lowest BCUT2D eigenvalue weighted by Crippen LogP contribution is -2.27. The second kappa shape index (κ2) is 8.02. The maximum absolute atomic E-state index is 12.1. The molecule has 6 nitrogen and oxygen atoms in total. The normalized spacial score (nSPS) is 10.2. The van der Waals surface area contributed by atoms with E-state index in [1.807, 2.05) is 31.2 Å². The van der Waals surface area contributed by atoms with Crippen molar-refractivity contribution in [3.8, 4) is 17.2 Å². The highest BCUT2D eigenvalue weighted by atomic mass is 16.5. The van der Waals surface area contributed by atoms with E-state index in [0.717, 1.165) is 5.75 Å². The third-order valence-corrected chi connectivity index (χ3v) is 3.52. The van der Waals surface area contributed by atoms with Crippen molar-refractivity contribution in [2.24, 2.45) is 0 Å². The maximum atomic E-state index is 12.1. The van der Waals surface area contributed by atoms with Gasteiger partial charge in [0, 0.05) is 11.8 Å². The predicted molar refractivity (Wildman–Crippen MR) is 97.5 cm³/mol. The summed E-state index contributed by atoms with van der Waals surface area (Å²) in [5.74, 6) is 1.77. The lowest BCUT2D eigenvalue weighted by Gasteiger charge is -2.09. The molecule has 3 aromatic rings. The van der Waals surface area contributed by atoms with Gasteiger partial charge in [-0.2, -0.15) is 4.73 Å². The summed E-state index contributed by atoms with van der Waals surface area (Å²) in [7, 11) is 0. The summed E-state index contributed by atoms with van der Waals surface area (Å²) in [6, 6.07) is 17.4. The molecule has 2 aromatic carbocycles. The molecule has 0 aliphatic carbocycles. The molecule has 3 rings (SSSR count). The average molecular weight is 350 g/mol. The molecule has 0 spiro atoms. The molecular formula is C20H18N2O4. The molecule has 0 aliphatic heterocycles. The van der Waals surface area contributed by atoms with E-state index in [4.69, 9.17) is 9.47 Å². The first kappa shape index (κ1) is 17.3. The quantitative estimate of drug-likeness (QED) is 0.542. The number of hydrogen-bond acceptors (Lipinski definition) is 4. The number of amides is 1. The van der Waals surface area contributed by atoms with Gasteiger partial charge in [-0.1, -0.05) is 0 Å². The third-order valence-electron chi connectivity index (χ3n) is 3.52. The van der Waals surface area contributed by atoms with Crippen molar-refractivity contribution in [3.63, 3.8) is 0 Å². The van der Waals surface area contributed by atoms with E-state index in [9.17, 15) is 10.0 Å². The van der Waals surface area contributed by atoms with Crippen LogP contribution < -0.4 is 19.5 Å². The molecule has 26 heavy (non-hydrogen) atoms. The standard InChI is InChI=1S/C20H18N2O4/c1-2-25-17-9-11-19(12-10-17)26-18-7-5-16(6-8-18)21-20(23)15-4-3-13-22(24)14-15/h3-14H,2H2,1H3,(H,21,23). The lowest BCUT2D eigenvalue weighted by atomic mass is 10.2. The van der Waals surface area contributed by atoms with E-state index in [-0.39, 0.29) is 11.5 Å². The van der Waals surface area contributed by atoms with Crippen molar-refractivity contribution in [3.05, 3.63) is 83.8 Å². The largest absolute Gasteiger partial charge is 0.619 e. The van der Waals surface area contributed by atoms with E-state index in [2.05, 4.69) is 5.32 Å². The van der Waals surface area contributed by atoms with Crippen molar-refractivity contribution in [2.45, 2.75) is 6.92 Å². The number of ether oxygens (including phenoxy) is 2. The topological polar surface area (TPSA) is 74.5 Å². The van der Waals surface area contributed by atoms with Crippen LogP contribution in [0.4, 0.5) is 5.69 Å². The molecule has 0 radical (unpaired) electrons. The first-order valence-electron chi connectivity index (χ1n) is 8.15. The van der Waals surface area contributed by atoms with Crippen LogP contribution in [0.15, 0.2) is 73.1 Å². The molecular weight excluding hydrogens is 332 g/mol. The van der Waals surface area contributed by atoms with Crippen LogP contribution in [0.5, 0.6) is 17.2 Å². The molecule has 0 bridgehead atoms. The first-order valence-corrected chi connectivity index (χ1v) is 8.15. The molecule has 1 heterocycles. The number of rotatable bonds is 6. The number of nitrogens with one attached hydrogen (secondary N) is 1. The minimum Gasteiger partial charge on any atom is -0.619 e. The molecule has 0 aliphatic rings. The van der Waals surface area contributed by atoms with Gasteiger partial charge in [-0.25, -0.2) is 0 Å². The SMILES string of the molecule is CCOc1ccc(Oc2ccc(NC(=O)c3ccc[n+]([O-])c3)cc2)cc1. The fourth-order valence-electron chi connectivity index (χ4n) is 2.31. The van der Waals surface area contributed by atoms with Crippen LogP contribution >= 0.6 is 0 Å². The number of carbonyl (C=O) groups is 1. The number of hydrogen-bond donors (Lipinski definition) is 1. The highest BCUT2D eigenvalue weighted by molar-refractivity contribution is 6.03. The zero-order chi connectivity index (χ0) is 18.4. The molecule has 1 aromatic heterocycles. The number of pyridine rings is 1. The Kier molecular flexibility index (Phi) is 5.34. The van der Waals surface area contributed by atoms with Crippen LogP contribution in [0.25, 0.3) is 0 Å². The highest BCUT2D eigenvalue weighted by Gasteiger charge is 2.09. The predicted octanol–water partition coefficient (Wildman–Crippen LogP) is 3.76.